The van der Waals surface area contributed by atoms with Gasteiger partial charge in [-0.05, 0) is 29.8 Å². The van der Waals surface area contributed by atoms with E-state index in [0.29, 0.717) is 5.92 Å². The molecular formula is C40H34GeIrN2OS-2. The maximum atomic E-state index is 6.55. The Morgan fingerprint density at radius 2 is 1.52 bits per heavy atom. The molecule has 0 bridgehead atoms. The largest absolute Gasteiger partial charge is 0 e. The van der Waals surface area contributed by atoms with Crippen LogP contribution in [0.25, 0.3) is 64.6 Å². The summed E-state index contributed by atoms with van der Waals surface area (Å²) in [4.78, 5) is 9.16. The van der Waals surface area contributed by atoms with Crippen molar-refractivity contribution in [3.63, 3.8) is 0 Å². The van der Waals surface area contributed by atoms with E-state index in [1.54, 1.807) is 0 Å². The number of hydrogen-bond donors (Lipinski definition) is 0. The Morgan fingerprint density at radius 3 is 2.26 bits per heavy atom. The zero-order valence-electron chi connectivity index (χ0n) is 26.5. The molecule has 0 aliphatic carbocycles. The summed E-state index contributed by atoms with van der Waals surface area (Å²) in [6.07, 6.45) is 3.92. The molecule has 231 valence electrons. The van der Waals surface area contributed by atoms with Gasteiger partial charge in [0.1, 0.15) is 5.58 Å². The zero-order chi connectivity index (χ0) is 31.1. The Bertz CT molecular complexity index is 2280. The van der Waals surface area contributed by atoms with Gasteiger partial charge in [-0.2, -0.15) is 0 Å². The zero-order valence-corrected chi connectivity index (χ0v) is 31.8. The molecule has 0 aliphatic heterocycles. The molecule has 0 fully saturated rings. The van der Waals surface area contributed by atoms with E-state index < -0.39 is 13.3 Å². The van der Waals surface area contributed by atoms with Gasteiger partial charge in [0.05, 0.1) is 5.58 Å². The molecule has 4 aromatic heterocycles. The van der Waals surface area contributed by atoms with Gasteiger partial charge in [0.2, 0.25) is 0 Å². The van der Waals surface area contributed by atoms with Gasteiger partial charge in [-0.3, -0.25) is 0 Å². The number of hydrogen-bond acceptors (Lipinski definition) is 4. The Kier molecular flexibility index (Phi) is 9.31. The fourth-order valence-corrected chi connectivity index (χ4v) is 8.97. The molecule has 0 amide bonds. The van der Waals surface area contributed by atoms with E-state index in [1.807, 2.05) is 54.1 Å². The smallest absolute Gasteiger partial charge is 0 e. The number of rotatable bonds is 4. The normalized spacial score (nSPS) is 11.6. The second-order valence-electron chi connectivity index (χ2n) is 12.7. The standard InChI is InChI=1S/C26H18NOS.C14H16GeN.Ir/c1-15(2)16-12-13-27-21(14-16)19-8-5-7-17-18-10-11-23-24(26(18)28-25(17)19)20-6-3-4-9-22(20)29-23;1-15(2,3)13-9-10-14(16-11-13)12-7-5-4-6-8-12;/h3-7,9-15H,1-2H3;4-7,9-11H,1-3H3;/q2*-1;. The molecule has 0 atom stereocenters. The van der Waals surface area contributed by atoms with E-state index in [9.17, 15) is 0 Å². The van der Waals surface area contributed by atoms with Crippen LogP contribution in [-0.2, 0) is 20.1 Å². The molecule has 46 heavy (non-hydrogen) atoms. The van der Waals surface area contributed by atoms with E-state index in [2.05, 4.69) is 120 Å². The van der Waals surface area contributed by atoms with Crippen molar-refractivity contribution in [2.45, 2.75) is 37.0 Å². The molecule has 0 aliphatic rings. The Hall–Kier alpha value is -3.61. The third kappa shape index (κ3) is 6.22. The van der Waals surface area contributed by atoms with Gasteiger partial charge in [-0.25, -0.2) is 0 Å². The maximum Gasteiger partial charge on any atom is 0 e. The molecular weight excluding hydrogens is 821 g/mol. The second kappa shape index (κ2) is 13.2. The molecule has 4 heterocycles. The average Bonchev–Trinajstić information content (AvgIpc) is 3.63. The van der Waals surface area contributed by atoms with Gasteiger partial charge in [0, 0.05) is 51.9 Å². The van der Waals surface area contributed by atoms with Crippen LogP contribution < -0.4 is 4.40 Å². The van der Waals surface area contributed by atoms with Crippen molar-refractivity contribution in [1.29, 1.82) is 0 Å². The molecule has 8 rings (SSSR count). The molecule has 0 spiro atoms. The first kappa shape index (κ1) is 32.3. The third-order valence-corrected chi connectivity index (χ3v) is 13.7. The first-order valence-corrected chi connectivity index (χ1v) is 23.5. The van der Waals surface area contributed by atoms with Crippen molar-refractivity contribution in [3.05, 3.63) is 127 Å². The second-order valence-corrected chi connectivity index (χ2v) is 24.4. The van der Waals surface area contributed by atoms with E-state index in [0.717, 1.165) is 44.5 Å². The molecule has 8 aromatic rings. The third-order valence-electron chi connectivity index (χ3n) is 8.26. The van der Waals surface area contributed by atoms with E-state index in [4.69, 9.17) is 4.42 Å². The molecule has 3 nitrogen and oxygen atoms in total. The fraction of sp³-hybridized carbons (Fsp3) is 0.150. The van der Waals surface area contributed by atoms with Crippen molar-refractivity contribution >= 4 is 71.1 Å². The number of fused-ring (bicyclic) bond motifs is 7. The minimum absolute atomic E-state index is 0. The number of pyridine rings is 2. The topological polar surface area (TPSA) is 38.9 Å². The number of furan rings is 1. The van der Waals surface area contributed by atoms with Gasteiger partial charge >= 0.3 is 99.8 Å². The summed E-state index contributed by atoms with van der Waals surface area (Å²) < 4.78 is 10.5. The van der Waals surface area contributed by atoms with Crippen LogP contribution in [0.1, 0.15) is 25.3 Å². The van der Waals surface area contributed by atoms with Crippen molar-refractivity contribution < 1.29 is 24.5 Å². The Balaban J connectivity index is 0.000000187. The Labute approximate surface area is 290 Å². The molecule has 0 saturated heterocycles. The maximum absolute atomic E-state index is 6.55. The van der Waals surface area contributed by atoms with Gasteiger partial charge in [0.25, 0.3) is 0 Å². The van der Waals surface area contributed by atoms with Crippen LogP contribution in [0.5, 0.6) is 0 Å². The van der Waals surface area contributed by atoms with Crippen molar-refractivity contribution in [2.24, 2.45) is 0 Å². The summed E-state index contributed by atoms with van der Waals surface area (Å²) in [6, 6.07) is 40.1. The van der Waals surface area contributed by atoms with Gasteiger partial charge in [-0.15, -0.1) is 29.5 Å². The van der Waals surface area contributed by atoms with Gasteiger partial charge in [0.15, 0.2) is 0 Å². The fourth-order valence-electron chi connectivity index (χ4n) is 5.69. The SMILES string of the molecule is CC(C)c1ccnc(-c2[c-]ccc3c2oc2c3ccc3sc4ccccc4c32)c1.[CH3][Ge]([CH3])([CH3])[c]1ccc(-c2[c-]cccc2)nc1.[Ir]. The van der Waals surface area contributed by atoms with Crippen LogP contribution in [0.3, 0.4) is 0 Å². The summed E-state index contributed by atoms with van der Waals surface area (Å²) in [7, 11) is 0. The van der Waals surface area contributed by atoms with Crippen LogP contribution in [0.4, 0.5) is 0 Å². The predicted molar refractivity (Wildman–Crippen MR) is 194 cm³/mol. The Morgan fingerprint density at radius 1 is 0.717 bits per heavy atom. The molecule has 4 aromatic carbocycles. The van der Waals surface area contributed by atoms with E-state index in [1.165, 1.54) is 30.1 Å². The molecule has 0 unspecified atom stereocenters. The van der Waals surface area contributed by atoms with E-state index in [-0.39, 0.29) is 20.1 Å². The minimum atomic E-state index is -1.72. The molecule has 0 saturated carbocycles. The number of benzene rings is 4. The number of thiophene rings is 1. The molecule has 1 radical (unpaired) electrons. The van der Waals surface area contributed by atoms with Crippen molar-refractivity contribution in [1.82, 2.24) is 9.97 Å². The quantitative estimate of drug-likeness (QED) is 0.131. The summed E-state index contributed by atoms with van der Waals surface area (Å²) in [5.74, 6) is 7.59. The van der Waals surface area contributed by atoms with Crippen LogP contribution in [0.2, 0.25) is 17.3 Å². The first-order valence-electron chi connectivity index (χ1n) is 15.3. The van der Waals surface area contributed by atoms with Gasteiger partial charge < -0.3 is 9.40 Å². The summed E-state index contributed by atoms with van der Waals surface area (Å²) >= 11 is 0.0961. The molecule has 6 heteroatoms. The molecule has 0 N–H and O–H groups in total. The summed E-state index contributed by atoms with van der Waals surface area (Å²) in [5, 5.41) is 4.71. The van der Waals surface area contributed by atoms with Crippen molar-refractivity contribution in [3.8, 4) is 22.5 Å². The van der Waals surface area contributed by atoms with Crippen LogP contribution >= 0.6 is 11.3 Å². The van der Waals surface area contributed by atoms with Crippen LogP contribution in [0.15, 0.2) is 114 Å². The summed E-state index contributed by atoms with van der Waals surface area (Å²) in [6.45, 7) is 4.39. The monoisotopic (exact) mass is 857 g/mol. The van der Waals surface area contributed by atoms with Crippen molar-refractivity contribution in [2.75, 3.05) is 0 Å². The van der Waals surface area contributed by atoms with Gasteiger partial charge in [-0.1, -0.05) is 60.7 Å². The number of aromatic nitrogens is 2. The summed E-state index contributed by atoms with van der Waals surface area (Å²) in [5.41, 5.74) is 6.99. The van der Waals surface area contributed by atoms with Crippen LogP contribution in [-0.4, -0.2) is 23.2 Å². The first-order chi connectivity index (χ1) is 21.8. The average molecular weight is 856 g/mol. The van der Waals surface area contributed by atoms with E-state index >= 15 is 0 Å². The van der Waals surface area contributed by atoms with Crippen LogP contribution in [0, 0.1) is 12.1 Å². The minimum Gasteiger partial charge on any atom is 0 e. The number of nitrogens with zero attached hydrogens (tertiary/aromatic N) is 2. The predicted octanol–water partition coefficient (Wildman–Crippen LogP) is 11.0.